The molecule has 0 saturated carbocycles. The zero-order valence-electron chi connectivity index (χ0n) is 12.5. The Kier molecular flexibility index (Phi) is 6.30. The zero-order chi connectivity index (χ0) is 14.9. The number of rotatable bonds is 2. The molecule has 0 radical (unpaired) electrons. The summed E-state index contributed by atoms with van der Waals surface area (Å²) in [6.07, 6.45) is 6.39. The van der Waals surface area contributed by atoms with Gasteiger partial charge in [-0.05, 0) is 31.0 Å². The second-order valence-electron chi connectivity index (χ2n) is 5.42. The summed E-state index contributed by atoms with van der Waals surface area (Å²) in [5.74, 6) is 5.99. The summed E-state index contributed by atoms with van der Waals surface area (Å²) >= 11 is 0. The highest BCUT2D eigenvalue weighted by molar-refractivity contribution is 5.94. The summed E-state index contributed by atoms with van der Waals surface area (Å²) in [4.78, 5) is 14.6. The van der Waals surface area contributed by atoms with Gasteiger partial charge in [-0.15, -0.1) is 0 Å². The maximum absolute atomic E-state index is 12.6. The molecule has 0 spiro atoms. The van der Waals surface area contributed by atoms with E-state index in [1.54, 1.807) is 0 Å². The first-order chi connectivity index (χ1) is 10.3. The van der Waals surface area contributed by atoms with Gasteiger partial charge in [0.05, 0.1) is 6.61 Å². The van der Waals surface area contributed by atoms with E-state index in [1.807, 2.05) is 29.2 Å². The highest BCUT2D eigenvalue weighted by Gasteiger charge is 2.16. The number of likely N-dealkylation sites (tertiary alicyclic amines) is 1. The van der Waals surface area contributed by atoms with E-state index in [4.69, 9.17) is 5.11 Å². The Bertz CT molecular complexity index is 520. The maximum Gasteiger partial charge on any atom is 0.253 e. The van der Waals surface area contributed by atoms with E-state index in [-0.39, 0.29) is 12.5 Å². The topological polar surface area (TPSA) is 40.5 Å². The number of carbonyl (C=O) groups excluding carboxylic acids is 1. The highest BCUT2D eigenvalue weighted by atomic mass is 16.2. The first-order valence-corrected chi connectivity index (χ1v) is 7.80. The van der Waals surface area contributed by atoms with Gasteiger partial charge in [-0.3, -0.25) is 4.79 Å². The van der Waals surface area contributed by atoms with Crippen LogP contribution in [0.4, 0.5) is 0 Å². The van der Waals surface area contributed by atoms with Crippen molar-refractivity contribution in [3.05, 3.63) is 35.4 Å². The van der Waals surface area contributed by atoms with Crippen LogP contribution in [0.1, 0.15) is 54.4 Å². The number of amides is 1. The summed E-state index contributed by atoms with van der Waals surface area (Å²) < 4.78 is 0. The van der Waals surface area contributed by atoms with Crippen molar-refractivity contribution in [2.75, 3.05) is 19.7 Å². The lowest BCUT2D eigenvalue weighted by Crippen LogP contribution is -2.33. The summed E-state index contributed by atoms with van der Waals surface area (Å²) in [5.41, 5.74) is 1.55. The zero-order valence-corrected chi connectivity index (χ0v) is 12.5. The largest absolute Gasteiger partial charge is 0.395 e. The molecule has 1 N–H and O–H groups in total. The molecule has 0 aliphatic carbocycles. The minimum absolute atomic E-state index is 0.0688. The van der Waals surface area contributed by atoms with Crippen LogP contribution in [0.2, 0.25) is 0 Å². The number of carbonyl (C=O) groups is 1. The molecule has 0 aromatic heterocycles. The molecule has 112 valence electrons. The van der Waals surface area contributed by atoms with Crippen molar-refractivity contribution >= 4 is 5.91 Å². The van der Waals surface area contributed by atoms with Crippen LogP contribution in [0.15, 0.2) is 24.3 Å². The van der Waals surface area contributed by atoms with Gasteiger partial charge < -0.3 is 10.0 Å². The predicted molar refractivity (Wildman–Crippen MR) is 84.0 cm³/mol. The van der Waals surface area contributed by atoms with Crippen molar-refractivity contribution in [1.29, 1.82) is 0 Å². The van der Waals surface area contributed by atoms with Gasteiger partial charge in [-0.2, -0.15) is 0 Å². The first kappa shape index (κ1) is 15.6. The van der Waals surface area contributed by atoms with Gasteiger partial charge in [-0.25, -0.2) is 0 Å². The molecular weight excluding hydrogens is 262 g/mol. The Hall–Kier alpha value is -1.79. The molecule has 1 aliphatic heterocycles. The van der Waals surface area contributed by atoms with Crippen LogP contribution >= 0.6 is 0 Å². The summed E-state index contributed by atoms with van der Waals surface area (Å²) in [6.45, 7) is 1.79. The lowest BCUT2D eigenvalue weighted by molar-refractivity contribution is 0.0742. The average molecular weight is 285 g/mol. The van der Waals surface area contributed by atoms with E-state index in [0.717, 1.165) is 31.5 Å². The molecule has 3 heteroatoms. The standard InChI is InChI=1S/C18H23NO2/c20-14-7-4-9-16-10-8-11-17(15-16)18(21)19-12-5-2-1-3-6-13-19/h8,10-11,15,20H,1-3,5-7,12-14H2. The molecule has 1 saturated heterocycles. The number of nitrogens with zero attached hydrogens (tertiary/aromatic N) is 1. The fourth-order valence-corrected chi connectivity index (χ4v) is 2.58. The SMILES string of the molecule is O=C(c1cccc(C#CCCO)c1)N1CCCCCCC1. The number of benzene rings is 1. The van der Waals surface area contributed by atoms with E-state index in [0.29, 0.717) is 12.0 Å². The third-order valence-corrected chi connectivity index (χ3v) is 3.72. The van der Waals surface area contributed by atoms with Crippen LogP contribution < -0.4 is 0 Å². The predicted octanol–water partition coefficient (Wildman–Crippen LogP) is 2.83. The molecule has 3 nitrogen and oxygen atoms in total. The summed E-state index contributed by atoms with van der Waals surface area (Å²) in [7, 11) is 0. The molecule has 0 bridgehead atoms. The molecule has 1 heterocycles. The molecule has 1 aromatic carbocycles. The van der Waals surface area contributed by atoms with Crippen LogP contribution in [-0.4, -0.2) is 35.6 Å². The second kappa shape index (κ2) is 8.49. The number of hydrogen-bond acceptors (Lipinski definition) is 2. The molecule has 21 heavy (non-hydrogen) atoms. The van der Waals surface area contributed by atoms with Crippen molar-refractivity contribution < 1.29 is 9.90 Å². The fraction of sp³-hybridized carbons (Fsp3) is 0.500. The van der Waals surface area contributed by atoms with E-state index < -0.39 is 0 Å². The molecule has 1 amide bonds. The normalized spacial score (nSPS) is 15.6. The van der Waals surface area contributed by atoms with Crippen molar-refractivity contribution in [2.24, 2.45) is 0 Å². The molecule has 2 rings (SSSR count). The Morgan fingerprint density at radius 2 is 1.86 bits per heavy atom. The van der Waals surface area contributed by atoms with Crippen molar-refractivity contribution in [3.8, 4) is 11.8 Å². The minimum Gasteiger partial charge on any atom is -0.395 e. The van der Waals surface area contributed by atoms with Crippen molar-refractivity contribution in [2.45, 2.75) is 38.5 Å². The van der Waals surface area contributed by atoms with Crippen molar-refractivity contribution in [1.82, 2.24) is 4.90 Å². The molecule has 0 unspecified atom stereocenters. The lowest BCUT2D eigenvalue weighted by Gasteiger charge is -2.24. The molecular formula is C18H23NO2. The number of hydrogen-bond donors (Lipinski definition) is 1. The van der Waals surface area contributed by atoms with Gasteiger partial charge in [0, 0.05) is 30.6 Å². The summed E-state index contributed by atoms with van der Waals surface area (Å²) in [5, 5.41) is 8.74. The summed E-state index contributed by atoms with van der Waals surface area (Å²) in [6, 6.07) is 7.48. The maximum atomic E-state index is 12.6. The number of aliphatic hydroxyl groups excluding tert-OH is 1. The van der Waals surface area contributed by atoms with Crippen LogP contribution in [0.3, 0.4) is 0 Å². The van der Waals surface area contributed by atoms with Gasteiger partial charge in [0.1, 0.15) is 0 Å². The van der Waals surface area contributed by atoms with Crippen LogP contribution in [-0.2, 0) is 0 Å². The second-order valence-corrected chi connectivity index (χ2v) is 5.42. The van der Waals surface area contributed by atoms with E-state index >= 15 is 0 Å². The minimum atomic E-state index is 0.0688. The van der Waals surface area contributed by atoms with Gasteiger partial charge in [0.2, 0.25) is 0 Å². The van der Waals surface area contributed by atoms with Crippen LogP contribution in [0, 0.1) is 11.8 Å². The van der Waals surface area contributed by atoms with E-state index in [9.17, 15) is 4.79 Å². The fourth-order valence-electron chi connectivity index (χ4n) is 2.58. The molecule has 0 atom stereocenters. The van der Waals surface area contributed by atoms with E-state index in [1.165, 1.54) is 19.3 Å². The van der Waals surface area contributed by atoms with Gasteiger partial charge in [0.15, 0.2) is 0 Å². The average Bonchev–Trinajstić information content (AvgIpc) is 2.47. The third-order valence-electron chi connectivity index (χ3n) is 3.72. The van der Waals surface area contributed by atoms with Crippen LogP contribution in [0.5, 0.6) is 0 Å². The van der Waals surface area contributed by atoms with Gasteiger partial charge in [-0.1, -0.05) is 37.2 Å². The van der Waals surface area contributed by atoms with Gasteiger partial charge in [0.25, 0.3) is 5.91 Å². The Labute approximate surface area is 127 Å². The highest BCUT2D eigenvalue weighted by Crippen LogP contribution is 2.14. The Morgan fingerprint density at radius 1 is 1.14 bits per heavy atom. The van der Waals surface area contributed by atoms with Crippen molar-refractivity contribution in [3.63, 3.8) is 0 Å². The van der Waals surface area contributed by atoms with Gasteiger partial charge >= 0.3 is 0 Å². The lowest BCUT2D eigenvalue weighted by atomic mass is 10.1. The Balaban J connectivity index is 2.07. The number of aliphatic hydroxyl groups is 1. The molecule has 1 aromatic rings. The smallest absolute Gasteiger partial charge is 0.253 e. The molecule has 1 fully saturated rings. The van der Waals surface area contributed by atoms with E-state index in [2.05, 4.69) is 11.8 Å². The third kappa shape index (κ3) is 4.91. The van der Waals surface area contributed by atoms with Crippen LogP contribution in [0.25, 0.3) is 0 Å². The quantitative estimate of drug-likeness (QED) is 0.849. The monoisotopic (exact) mass is 285 g/mol. The first-order valence-electron chi connectivity index (χ1n) is 7.80. The Morgan fingerprint density at radius 3 is 2.57 bits per heavy atom. The molecule has 1 aliphatic rings.